The third-order valence-electron chi connectivity index (χ3n) is 2.96. The van der Waals surface area contributed by atoms with Crippen molar-refractivity contribution < 1.29 is 14.7 Å². The van der Waals surface area contributed by atoms with Crippen molar-refractivity contribution in [3.8, 4) is 5.69 Å². The normalized spacial score (nSPS) is 10.6. The van der Waals surface area contributed by atoms with E-state index in [0.717, 1.165) is 0 Å². The minimum atomic E-state index is -1.03. The van der Waals surface area contributed by atoms with E-state index in [1.54, 1.807) is 30.6 Å². The summed E-state index contributed by atoms with van der Waals surface area (Å²) in [5.74, 6) is -1.03. The summed E-state index contributed by atoms with van der Waals surface area (Å²) >= 11 is 0. The second-order valence-corrected chi connectivity index (χ2v) is 4.17. The summed E-state index contributed by atoms with van der Waals surface area (Å²) in [6.07, 6.45) is 5.27. The van der Waals surface area contributed by atoms with Crippen molar-refractivity contribution in [3.63, 3.8) is 0 Å². The van der Waals surface area contributed by atoms with Crippen LogP contribution in [0.3, 0.4) is 0 Å². The molecule has 2 heterocycles. The van der Waals surface area contributed by atoms with Crippen LogP contribution in [0.5, 0.6) is 0 Å². The second-order valence-electron chi connectivity index (χ2n) is 4.17. The zero-order valence-electron chi connectivity index (χ0n) is 10.2. The molecule has 1 N–H and O–H groups in total. The van der Waals surface area contributed by atoms with E-state index in [-0.39, 0.29) is 5.56 Å². The van der Waals surface area contributed by atoms with Gasteiger partial charge in [0.2, 0.25) is 0 Å². The first-order valence-corrected chi connectivity index (χ1v) is 5.82. The lowest BCUT2D eigenvalue weighted by Crippen LogP contribution is -2.02. The standard InChI is InChI=1S/C14H9N3O3/c18-8-9-6-16-17(7-9)12-4-3-11(14(19)20)13-10(12)2-1-5-15-13/h1-8H,(H,19,20). The molecule has 1 aromatic carbocycles. The van der Waals surface area contributed by atoms with Crippen LogP contribution in [0.15, 0.2) is 42.9 Å². The van der Waals surface area contributed by atoms with Gasteiger partial charge in [-0.3, -0.25) is 9.78 Å². The molecule has 0 saturated heterocycles. The Balaban J connectivity index is 2.30. The molecule has 0 atom stereocenters. The minimum absolute atomic E-state index is 0.132. The minimum Gasteiger partial charge on any atom is -0.478 e. The number of carboxylic acids is 1. The highest BCUT2D eigenvalue weighted by molar-refractivity contribution is 6.04. The average molecular weight is 267 g/mol. The third-order valence-corrected chi connectivity index (χ3v) is 2.96. The highest BCUT2D eigenvalue weighted by Gasteiger charge is 2.13. The van der Waals surface area contributed by atoms with E-state index in [4.69, 9.17) is 0 Å². The molecule has 0 bridgehead atoms. The van der Waals surface area contributed by atoms with Gasteiger partial charge in [-0.25, -0.2) is 9.48 Å². The quantitative estimate of drug-likeness (QED) is 0.733. The van der Waals surface area contributed by atoms with Crippen LogP contribution in [0.2, 0.25) is 0 Å². The number of rotatable bonds is 3. The molecule has 20 heavy (non-hydrogen) atoms. The van der Waals surface area contributed by atoms with Gasteiger partial charge in [0.15, 0.2) is 6.29 Å². The van der Waals surface area contributed by atoms with E-state index in [0.29, 0.717) is 28.4 Å². The zero-order valence-corrected chi connectivity index (χ0v) is 10.2. The molecule has 98 valence electrons. The highest BCUT2D eigenvalue weighted by Crippen LogP contribution is 2.23. The van der Waals surface area contributed by atoms with Crippen molar-refractivity contribution in [2.75, 3.05) is 0 Å². The van der Waals surface area contributed by atoms with Gasteiger partial charge >= 0.3 is 5.97 Å². The van der Waals surface area contributed by atoms with E-state index in [2.05, 4.69) is 10.1 Å². The SMILES string of the molecule is O=Cc1cnn(-c2ccc(C(=O)O)c3ncccc23)c1. The van der Waals surface area contributed by atoms with Crippen LogP contribution in [-0.2, 0) is 0 Å². The van der Waals surface area contributed by atoms with Crippen LogP contribution < -0.4 is 0 Å². The monoisotopic (exact) mass is 267 g/mol. The molecule has 6 heteroatoms. The van der Waals surface area contributed by atoms with E-state index in [9.17, 15) is 14.7 Å². The molecule has 0 radical (unpaired) electrons. The lowest BCUT2D eigenvalue weighted by atomic mass is 10.1. The Kier molecular flexibility index (Phi) is 2.76. The van der Waals surface area contributed by atoms with Gasteiger partial charge in [0, 0.05) is 17.8 Å². The molecule has 0 unspecified atom stereocenters. The van der Waals surface area contributed by atoms with Crippen LogP contribution in [0, 0.1) is 0 Å². The molecule has 0 amide bonds. The maximum atomic E-state index is 11.2. The number of carbonyl (C=O) groups excluding carboxylic acids is 1. The number of carboxylic acid groups (broad SMARTS) is 1. The molecule has 0 saturated carbocycles. The van der Waals surface area contributed by atoms with Crippen molar-refractivity contribution in [1.29, 1.82) is 0 Å². The number of carbonyl (C=O) groups is 2. The average Bonchev–Trinajstić information content (AvgIpc) is 2.94. The predicted molar refractivity (Wildman–Crippen MR) is 71.2 cm³/mol. The number of hydrogen-bond acceptors (Lipinski definition) is 4. The summed E-state index contributed by atoms with van der Waals surface area (Å²) in [5, 5.41) is 13.9. The lowest BCUT2D eigenvalue weighted by Gasteiger charge is -2.08. The van der Waals surface area contributed by atoms with Crippen LogP contribution in [0.1, 0.15) is 20.7 Å². The molecule has 2 aromatic heterocycles. The van der Waals surface area contributed by atoms with E-state index in [1.807, 2.05) is 0 Å². The van der Waals surface area contributed by atoms with Gasteiger partial charge in [-0.05, 0) is 24.3 Å². The fourth-order valence-corrected chi connectivity index (χ4v) is 2.06. The molecule has 0 spiro atoms. The summed E-state index contributed by atoms with van der Waals surface area (Å²) in [6, 6.07) is 6.62. The molecule has 6 nitrogen and oxygen atoms in total. The van der Waals surface area contributed by atoms with E-state index in [1.165, 1.54) is 16.9 Å². The van der Waals surface area contributed by atoms with Crippen LogP contribution in [-0.4, -0.2) is 32.1 Å². The molecule has 0 aliphatic carbocycles. The molecule has 0 aliphatic heterocycles. The third kappa shape index (κ3) is 1.83. The molecule has 0 fully saturated rings. The molecule has 3 aromatic rings. The smallest absolute Gasteiger partial charge is 0.337 e. The van der Waals surface area contributed by atoms with Gasteiger partial charge in [-0.15, -0.1) is 0 Å². The van der Waals surface area contributed by atoms with Gasteiger partial charge in [0.1, 0.15) is 0 Å². The summed E-state index contributed by atoms with van der Waals surface area (Å²) in [6.45, 7) is 0. The zero-order chi connectivity index (χ0) is 14.1. The van der Waals surface area contributed by atoms with Gasteiger partial charge in [0.05, 0.1) is 28.5 Å². The first-order valence-electron chi connectivity index (χ1n) is 5.82. The van der Waals surface area contributed by atoms with Gasteiger partial charge in [-0.1, -0.05) is 0 Å². The first kappa shape index (κ1) is 12.0. The van der Waals surface area contributed by atoms with Gasteiger partial charge in [0.25, 0.3) is 0 Å². The van der Waals surface area contributed by atoms with Crippen LogP contribution in [0.4, 0.5) is 0 Å². The maximum absolute atomic E-state index is 11.2. The van der Waals surface area contributed by atoms with E-state index < -0.39 is 5.97 Å². The Bertz CT molecular complexity index is 823. The van der Waals surface area contributed by atoms with E-state index >= 15 is 0 Å². The molecule has 0 aliphatic rings. The van der Waals surface area contributed by atoms with Crippen LogP contribution >= 0.6 is 0 Å². The van der Waals surface area contributed by atoms with Crippen molar-refractivity contribution in [2.45, 2.75) is 0 Å². The number of aldehydes is 1. The first-order chi connectivity index (χ1) is 9.70. The van der Waals surface area contributed by atoms with Gasteiger partial charge in [-0.2, -0.15) is 5.10 Å². The Labute approximate surface area is 113 Å². The Morgan fingerprint density at radius 3 is 2.85 bits per heavy atom. The molecule has 3 rings (SSSR count). The van der Waals surface area contributed by atoms with Crippen molar-refractivity contribution in [1.82, 2.24) is 14.8 Å². The maximum Gasteiger partial charge on any atom is 0.337 e. The largest absolute Gasteiger partial charge is 0.478 e. The number of fused-ring (bicyclic) bond motifs is 1. The summed E-state index contributed by atoms with van der Waals surface area (Å²) in [7, 11) is 0. The fraction of sp³-hybridized carbons (Fsp3) is 0. The lowest BCUT2D eigenvalue weighted by molar-refractivity contribution is 0.0698. The number of benzene rings is 1. The Morgan fingerprint density at radius 2 is 2.15 bits per heavy atom. The fourth-order valence-electron chi connectivity index (χ4n) is 2.06. The van der Waals surface area contributed by atoms with Crippen molar-refractivity contribution in [3.05, 3.63) is 54.0 Å². The Morgan fingerprint density at radius 1 is 1.30 bits per heavy atom. The number of aromatic carboxylic acids is 1. The molecular formula is C14H9N3O3. The summed E-state index contributed by atoms with van der Waals surface area (Å²) in [5.41, 5.74) is 1.64. The van der Waals surface area contributed by atoms with Crippen LogP contribution in [0.25, 0.3) is 16.6 Å². The van der Waals surface area contributed by atoms with Gasteiger partial charge < -0.3 is 5.11 Å². The second kappa shape index (κ2) is 4.58. The highest BCUT2D eigenvalue weighted by atomic mass is 16.4. The number of pyridine rings is 1. The predicted octanol–water partition coefficient (Wildman–Crippen LogP) is 1.93. The summed E-state index contributed by atoms with van der Waals surface area (Å²) in [4.78, 5) is 26.0. The number of nitrogens with zero attached hydrogens (tertiary/aromatic N) is 3. The van der Waals surface area contributed by atoms with Crippen molar-refractivity contribution >= 4 is 23.2 Å². The Hall–Kier alpha value is -3.02. The number of hydrogen-bond donors (Lipinski definition) is 1. The molecular weight excluding hydrogens is 258 g/mol. The van der Waals surface area contributed by atoms with Crippen molar-refractivity contribution in [2.24, 2.45) is 0 Å². The topological polar surface area (TPSA) is 85.1 Å². The summed E-state index contributed by atoms with van der Waals surface area (Å²) < 4.78 is 1.53. The number of aromatic nitrogens is 3.